The minimum Gasteiger partial charge on any atom is -0.315 e. The molecule has 0 fully saturated rings. The Morgan fingerprint density at radius 1 is 1.12 bits per heavy atom. The number of nitrogens with zero attached hydrogens (tertiary/aromatic N) is 6. The second-order valence-electron chi connectivity index (χ2n) is 5.74. The van der Waals surface area contributed by atoms with Gasteiger partial charge in [-0.25, -0.2) is 4.98 Å². The Morgan fingerprint density at radius 3 is 2.84 bits per heavy atom. The highest BCUT2D eigenvalue weighted by atomic mass is 32.1. The Kier molecular flexibility index (Phi) is 4.10. The van der Waals surface area contributed by atoms with E-state index < -0.39 is 0 Å². The minimum absolute atomic E-state index is 0.733. The second-order valence-corrected chi connectivity index (χ2v) is 6.80. The molecule has 0 radical (unpaired) electrons. The van der Waals surface area contributed by atoms with E-state index in [-0.39, 0.29) is 0 Å². The SMILES string of the molecule is CCCc1nnc(Nc2ccc3ncc(-c4cnn(C)c4)cc3n2)s1. The van der Waals surface area contributed by atoms with Gasteiger partial charge >= 0.3 is 0 Å². The molecular formula is C17H17N7S. The van der Waals surface area contributed by atoms with Gasteiger partial charge < -0.3 is 5.32 Å². The van der Waals surface area contributed by atoms with Gasteiger partial charge in [-0.1, -0.05) is 18.3 Å². The Labute approximate surface area is 148 Å². The van der Waals surface area contributed by atoms with Crippen LogP contribution in [-0.4, -0.2) is 29.9 Å². The third-order valence-corrected chi connectivity index (χ3v) is 4.64. The molecule has 0 aromatic carbocycles. The van der Waals surface area contributed by atoms with Gasteiger partial charge in [-0.3, -0.25) is 9.67 Å². The molecule has 7 nitrogen and oxygen atoms in total. The molecule has 4 aromatic heterocycles. The van der Waals surface area contributed by atoms with E-state index in [1.54, 1.807) is 16.0 Å². The summed E-state index contributed by atoms with van der Waals surface area (Å²) in [6.07, 6.45) is 7.63. The summed E-state index contributed by atoms with van der Waals surface area (Å²) in [7, 11) is 1.90. The molecule has 0 aliphatic rings. The van der Waals surface area contributed by atoms with Gasteiger partial charge in [-0.2, -0.15) is 5.10 Å². The Hall–Kier alpha value is -2.87. The fraction of sp³-hybridized carbons (Fsp3) is 0.235. The van der Waals surface area contributed by atoms with Crippen molar-refractivity contribution in [3.63, 3.8) is 0 Å². The van der Waals surface area contributed by atoms with E-state index in [0.717, 1.165) is 51.0 Å². The quantitative estimate of drug-likeness (QED) is 0.592. The number of hydrogen-bond donors (Lipinski definition) is 1. The van der Waals surface area contributed by atoms with E-state index in [1.807, 2.05) is 43.8 Å². The van der Waals surface area contributed by atoms with Crippen molar-refractivity contribution in [3.05, 3.63) is 41.8 Å². The van der Waals surface area contributed by atoms with Crippen LogP contribution in [0, 0.1) is 0 Å². The average molecular weight is 351 g/mol. The van der Waals surface area contributed by atoms with Gasteiger partial charge in [0.1, 0.15) is 10.8 Å². The van der Waals surface area contributed by atoms with Crippen molar-refractivity contribution in [1.29, 1.82) is 0 Å². The van der Waals surface area contributed by atoms with Crippen LogP contribution in [0.15, 0.2) is 36.8 Å². The maximum Gasteiger partial charge on any atom is 0.211 e. The molecule has 4 rings (SSSR count). The lowest BCUT2D eigenvalue weighted by Gasteiger charge is -2.04. The maximum absolute atomic E-state index is 4.66. The van der Waals surface area contributed by atoms with Crippen molar-refractivity contribution < 1.29 is 0 Å². The van der Waals surface area contributed by atoms with Gasteiger partial charge in [-0.05, 0) is 24.6 Å². The Morgan fingerprint density at radius 2 is 2.04 bits per heavy atom. The van der Waals surface area contributed by atoms with Crippen LogP contribution >= 0.6 is 11.3 Å². The molecule has 25 heavy (non-hydrogen) atoms. The minimum atomic E-state index is 0.733. The van der Waals surface area contributed by atoms with Gasteiger partial charge in [0.15, 0.2) is 0 Å². The normalized spacial score (nSPS) is 11.1. The zero-order chi connectivity index (χ0) is 17.2. The third kappa shape index (κ3) is 3.34. The Bertz CT molecular complexity index is 1020. The van der Waals surface area contributed by atoms with E-state index in [4.69, 9.17) is 0 Å². The largest absolute Gasteiger partial charge is 0.315 e. The maximum atomic E-state index is 4.66. The summed E-state index contributed by atoms with van der Waals surface area (Å²) in [4.78, 5) is 9.15. The number of anilines is 2. The lowest BCUT2D eigenvalue weighted by Crippen LogP contribution is -1.94. The number of aromatic nitrogens is 6. The summed E-state index contributed by atoms with van der Waals surface area (Å²) in [5, 5.41) is 17.6. The zero-order valence-corrected chi connectivity index (χ0v) is 14.8. The van der Waals surface area contributed by atoms with Gasteiger partial charge in [-0.15, -0.1) is 10.2 Å². The van der Waals surface area contributed by atoms with Crippen LogP contribution in [0.4, 0.5) is 10.9 Å². The summed E-state index contributed by atoms with van der Waals surface area (Å²) in [6, 6.07) is 5.87. The Balaban J connectivity index is 1.63. The van der Waals surface area contributed by atoms with Gasteiger partial charge in [0.05, 0.1) is 17.2 Å². The van der Waals surface area contributed by atoms with Crippen LogP contribution in [0.1, 0.15) is 18.4 Å². The van der Waals surface area contributed by atoms with Crippen molar-refractivity contribution in [3.8, 4) is 11.1 Å². The van der Waals surface area contributed by atoms with Crippen molar-refractivity contribution in [1.82, 2.24) is 29.9 Å². The number of hydrogen-bond acceptors (Lipinski definition) is 7. The fourth-order valence-electron chi connectivity index (χ4n) is 2.53. The highest BCUT2D eigenvalue weighted by Crippen LogP contribution is 2.24. The van der Waals surface area contributed by atoms with Gasteiger partial charge in [0.25, 0.3) is 0 Å². The summed E-state index contributed by atoms with van der Waals surface area (Å²) >= 11 is 1.56. The van der Waals surface area contributed by atoms with E-state index in [1.165, 1.54) is 0 Å². The molecule has 1 N–H and O–H groups in total. The average Bonchev–Trinajstić information content (AvgIpc) is 3.24. The van der Waals surface area contributed by atoms with Crippen molar-refractivity contribution >= 4 is 33.3 Å². The predicted molar refractivity (Wildman–Crippen MR) is 98.9 cm³/mol. The van der Waals surface area contributed by atoms with Crippen LogP contribution in [0.2, 0.25) is 0 Å². The van der Waals surface area contributed by atoms with Crippen molar-refractivity contribution in [2.45, 2.75) is 19.8 Å². The lowest BCUT2D eigenvalue weighted by atomic mass is 10.1. The van der Waals surface area contributed by atoms with Crippen LogP contribution in [0.5, 0.6) is 0 Å². The predicted octanol–water partition coefficient (Wildman–Crippen LogP) is 3.58. The molecule has 8 heteroatoms. The van der Waals surface area contributed by atoms with Crippen molar-refractivity contribution in [2.24, 2.45) is 7.05 Å². The van der Waals surface area contributed by atoms with Gasteiger partial charge in [0, 0.05) is 37.0 Å². The first-order valence-electron chi connectivity index (χ1n) is 8.06. The molecule has 0 saturated carbocycles. The molecule has 0 spiro atoms. The molecule has 4 aromatic rings. The van der Waals surface area contributed by atoms with Crippen LogP contribution in [0.25, 0.3) is 22.2 Å². The first-order chi connectivity index (χ1) is 12.2. The summed E-state index contributed by atoms with van der Waals surface area (Å²) in [6.45, 7) is 2.13. The number of pyridine rings is 2. The highest BCUT2D eigenvalue weighted by Gasteiger charge is 2.07. The molecule has 0 amide bonds. The zero-order valence-electron chi connectivity index (χ0n) is 14.0. The standard InChI is InChI=1S/C17H17N7S/c1-3-4-16-22-23-17(25-16)21-15-6-5-13-14(20-15)7-11(8-18-13)12-9-19-24(2)10-12/h5-10H,3-4H2,1-2H3,(H,20,21,23). The molecule has 0 atom stereocenters. The number of nitrogens with one attached hydrogen (secondary N) is 1. The topological polar surface area (TPSA) is 81.4 Å². The number of aryl methyl sites for hydroxylation is 2. The summed E-state index contributed by atoms with van der Waals surface area (Å²) in [5.41, 5.74) is 3.68. The fourth-order valence-corrected chi connectivity index (χ4v) is 3.38. The molecule has 0 aliphatic heterocycles. The molecule has 4 heterocycles. The van der Waals surface area contributed by atoms with Crippen LogP contribution in [-0.2, 0) is 13.5 Å². The lowest BCUT2D eigenvalue weighted by molar-refractivity contribution is 0.768. The van der Waals surface area contributed by atoms with E-state index in [2.05, 4.69) is 37.5 Å². The molecule has 126 valence electrons. The second kappa shape index (κ2) is 6.56. The molecule has 0 bridgehead atoms. The first kappa shape index (κ1) is 15.6. The van der Waals surface area contributed by atoms with E-state index in [9.17, 15) is 0 Å². The van der Waals surface area contributed by atoms with E-state index in [0.29, 0.717) is 0 Å². The number of fused-ring (bicyclic) bond motifs is 1. The molecular weight excluding hydrogens is 334 g/mol. The van der Waals surface area contributed by atoms with Gasteiger partial charge in [0.2, 0.25) is 5.13 Å². The third-order valence-electron chi connectivity index (χ3n) is 3.74. The van der Waals surface area contributed by atoms with E-state index >= 15 is 0 Å². The molecule has 0 aliphatic carbocycles. The van der Waals surface area contributed by atoms with Crippen LogP contribution in [0.3, 0.4) is 0 Å². The highest BCUT2D eigenvalue weighted by molar-refractivity contribution is 7.15. The summed E-state index contributed by atoms with van der Waals surface area (Å²) in [5.74, 6) is 0.733. The monoisotopic (exact) mass is 351 g/mol. The smallest absolute Gasteiger partial charge is 0.211 e. The molecule has 0 saturated heterocycles. The summed E-state index contributed by atoms with van der Waals surface area (Å²) < 4.78 is 1.77. The number of rotatable bonds is 5. The first-order valence-corrected chi connectivity index (χ1v) is 8.88. The van der Waals surface area contributed by atoms with Crippen LogP contribution < -0.4 is 5.32 Å². The molecule has 0 unspecified atom stereocenters. The van der Waals surface area contributed by atoms with Crippen molar-refractivity contribution in [2.75, 3.05) is 5.32 Å².